The average molecular weight is 937 g/mol. The first kappa shape index (κ1) is 48.9. The molecule has 0 atom stereocenters. The van der Waals surface area contributed by atoms with E-state index in [1.165, 1.54) is 39.0 Å². The van der Waals surface area contributed by atoms with Gasteiger partial charge in [-0.1, -0.05) is 82.3 Å². The molecule has 1 amide bonds. The van der Waals surface area contributed by atoms with Crippen molar-refractivity contribution >= 4 is 67.1 Å². The molecule has 7 rings (SSSR count). The predicted octanol–water partition coefficient (Wildman–Crippen LogP) is 12.1. The Morgan fingerprint density at radius 3 is 2.39 bits per heavy atom. The second-order valence-corrected chi connectivity index (χ2v) is 21.2. The number of rotatable bonds is 19. The number of hydrogen-bond acceptors (Lipinski definition) is 7. The molecule has 3 heterocycles. The molecule has 1 aliphatic carbocycles. The molecular formula is C54H68ClN4O6S+. The number of carbonyl (C=O) groups excluding carboxylic acids is 2. The highest BCUT2D eigenvalue weighted by molar-refractivity contribution is 7.85. The van der Waals surface area contributed by atoms with Crippen LogP contribution in [0.15, 0.2) is 113 Å². The molecule has 352 valence electrons. The fourth-order valence-electron chi connectivity index (χ4n) is 10.4. The molecule has 10 nitrogen and oxygen atoms in total. The van der Waals surface area contributed by atoms with Gasteiger partial charge in [0, 0.05) is 84.1 Å². The normalized spacial score (nSPS) is 19.3. The van der Waals surface area contributed by atoms with Gasteiger partial charge in [-0.25, -0.2) is 4.79 Å². The lowest BCUT2D eigenvalue weighted by Gasteiger charge is -2.27. The van der Waals surface area contributed by atoms with Gasteiger partial charge < -0.3 is 14.6 Å². The van der Waals surface area contributed by atoms with E-state index in [2.05, 4.69) is 141 Å². The Kier molecular flexibility index (Phi) is 15.2. The first-order valence-corrected chi connectivity index (χ1v) is 25.9. The fourth-order valence-corrected chi connectivity index (χ4v) is 11.2. The van der Waals surface area contributed by atoms with Crippen LogP contribution in [0.3, 0.4) is 0 Å². The number of allylic oxidation sites excluding steroid dienone is 9. The van der Waals surface area contributed by atoms with Crippen molar-refractivity contribution in [2.24, 2.45) is 0 Å². The number of nitrogens with zero attached hydrogens (tertiary/aromatic N) is 4. The van der Waals surface area contributed by atoms with Gasteiger partial charge in [0.05, 0.1) is 16.9 Å². The lowest BCUT2D eigenvalue weighted by Crippen LogP contribution is -2.28. The molecule has 0 saturated carbocycles. The van der Waals surface area contributed by atoms with Gasteiger partial charge in [-0.05, 0) is 129 Å². The van der Waals surface area contributed by atoms with Crippen LogP contribution in [-0.4, -0.2) is 72.1 Å². The summed E-state index contributed by atoms with van der Waals surface area (Å²) in [5.74, 6) is -0.942. The molecule has 12 heteroatoms. The molecule has 0 bridgehead atoms. The van der Waals surface area contributed by atoms with Crippen molar-refractivity contribution in [3.8, 4) is 0 Å². The maximum absolute atomic E-state index is 12.6. The smallest absolute Gasteiger partial charge is 0.333 e. The number of carbonyl (C=O) groups is 2. The number of hydroxylamine groups is 2. The van der Waals surface area contributed by atoms with Crippen molar-refractivity contribution in [2.45, 2.75) is 129 Å². The zero-order chi connectivity index (χ0) is 47.4. The van der Waals surface area contributed by atoms with Gasteiger partial charge in [-0.3, -0.25) is 9.35 Å². The van der Waals surface area contributed by atoms with Gasteiger partial charge >= 0.3 is 5.97 Å². The van der Waals surface area contributed by atoms with Gasteiger partial charge in [0.1, 0.15) is 6.54 Å². The lowest BCUT2D eigenvalue weighted by atomic mass is 9.79. The highest BCUT2D eigenvalue weighted by atomic mass is 35.5. The van der Waals surface area contributed by atoms with E-state index < -0.39 is 16.1 Å². The molecule has 3 aromatic rings. The maximum atomic E-state index is 12.6. The number of amides is 1. The first-order chi connectivity index (χ1) is 31.5. The molecule has 1 saturated heterocycles. The van der Waals surface area contributed by atoms with E-state index in [9.17, 15) is 22.6 Å². The Bertz CT molecular complexity index is 2630. The second-order valence-electron chi connectivity index (χ2n) is 19.2. The summed E-state index contributed by atoms with van der Waals surface area (Å²) in [5, 5.41) is 4.26. The standard InChI is InChI=1S/C54H67ClN4O6S/c1-8-32-56(33-9-2)42-26-28-45-44(37-42)53(4,5)47(57(45)35-16-36-66(62,63)64)29-24-40-18-15-19-41(52(40)55)25-30-48-54(6,7)51-43-20-13-12-17-39(43)23-27-46(51)58(48)34-14-10-11-21-50(61)65-59-38(3)22-31-49(59)60/h12-13,17,20,23-30,37H,3,8-11,14-16,18-19,21-22,31-36H2,1-2,4-7H3/p+1. The van der Waals surface area contributed by atoms with Crippen molar-refractivity contribution in [2.75, 3.05) is 41.7 Å². The Balaban J connectivity index is 1.16. The fraction of sp³-hybridized carbons (Fsp3) is 0.463. The van der Waals surface area contributed by atoms with Crippen LogP contribution >= 0.6 is 11.6 Å². The Morgan fingerprint density at radius 1 is 0.924 bits per heavy atom. The largest absolute Gasteiger partial charge is 0.372 e. The van der Waals surface area contributed by atoms with Crippen LogP contribution in [0.1, 0.15) is 130 Å². The van der Waals surface area contributed by atoms with Crippen LogP contribution in [-0.2, 0) is 35.4 Å². The molecule has 1 N–H and O–H groups in total. The topological polar surface area (TPSA) is 110 Å². The monoisotopic (exact) mass is 935 g/mol. The maximum Gasteiger partial charge on any atom is 0.333 e. The molecule has 3 aromatic carbocycles. The molecule has 0 spiro atoms. The molecule has 3 aliphatic heterocycles. The summed E-state index contributed by atoms with van der Waals surface area (Å²) in [7, 11) is -4.10. The van der Waals surface area contributed by atoms with Crippen LogP contribution in [0.4, 0.5) is 17.1 Å². The number of hydrogen-bond donors (Lipinski definition) is 1. The van der Waals surface area contributed by atoms with E-state index in [1.54, 1.807) is 0 Å². The summed E-state index contributed by atoms with van der Waals surface area (Å²) < 4.78 is 35.7. The van der Waals surface area contributed by atoms with Gasteiger partial charge in [0.2, 0.25) is 5.69 Å². The Morgan fingerprint density at radius 2 is 1.68 bits per heavy atom. The number of anilines is 2. The average Bonchev–Trinajstić information content (AvgIpc) is 3.79. The lowest BCUT2D eigenvalue weighted by molar-refractivity contribution is -0.438. The SMILES string of the molecule is C=C1CCC(=O)N1OC(=O)CCCCC[N+]1=C(C=CC2=C(Cl)C(=CC=C3N(CCCS(=O)(=O)O)c4ccc(N(CCC)CCC)cc4C3(C)C)CCC2)C(C)(C)c2c1ccc1ccccc21. The van der Waals surface area contributed by atoms with E-state index in [0.717, 1.165) is 97.2 Å². The summed E-state index contributed by atoms with van der Waals surface area (Å²) in [4.78, 5) is 34.7. The highest BCUT2D eigenvalue weighted by Gasteiger charge is 2.45. The van der Waals surface area contributed by atoms with E-state index in [0.29, 0.717) is 31.5 Å². The van der Waals surface area contributed by atoms with Crippen molar-refractivity contribution in [1.29, 1.82) is 0 Å². The van der Waals surface area contributed by atoms with Gasteiger partial charge in [-0.2, -0.15) is 13.0 Å². The number of halogens is 1. The zero-order valence-electron chi connectivity index (χ0n) is 39.8. The van der Waals surface area contributed by atoms with Crippen molar-refractivity contribution in [3.05, 3.63) is 124 Å². The number of unbranched alkanes of at least 4 members (excludes halogenated alkanes) is 2. The summed E-state index contributed by atoms with van der Waals surface area (Å²) in [6, 6.07) is 19.7. The van der Waals surface area contributed by atoms with Crippen molar-refractivity contribution in [3.63, 3.8) is 0 Å². The van der Waals surface area contributed by atoms with Crippen LogP contribution < -0.4 is 9.80 Å². The minimum atomic E-state index is -4.10. The zero-order valence-corrected chi connectivity index (χ0v) is 41.4. The van der Waals surface area contributed by atoms with Crippen molar-refractivity contribution < 1.29 is 32.0 Å². The third kappa shape index (κ3) is 10.4. The minimum absolute atomic E-state index is 0.225. The predicted molar refractivity (Wildman–Crippen MR) is 269 cm³/mol. The van der Waals surface area contributed by atoms with E-state index in [1.807, 2.05) is 0 Å². The Hall–Kier alpha value is -4.97. The van der Waals surface area contributed by atoms with Crippen LogP contribution in [0.25, 0.3) is 10.8 Å². The summed E-state index contributed by atoms with van der Waals surface area (Å²) in [6.07, 6.45) is 17.2. The van der Waals surface area contributed by atoms with Gasteiger partial charge in [-0.15, -0.1) is 5.06 Å². The van der Waals surface area contributed by atoms with Crippen LogP contribution in [0, 0.1) is 0 Å². The van der Waals surface area contributed by atoms with E-state index in [4.69, 9.17) is 16.4 Å². The number of benzene rings is 3. The van der Waals surface area contributed by atoms with Crippen LogP contribution in [0.5, 0.6) is 0 Å². The third-order valence-electron chi connectivity index (χ3n) is 13.7. The minimum Gasteiger partial charge on any atom is -0.372 e. The van der Waals surface area contributed by atoms with E-state index >= 15 is 0 Å². The molecular weight excluding hydrogens is 868 g/mol. The molecule has 4 aliphatic rings. The summed E-state index contributed by atoms with van der Waals surface area (Å²) >= 11 is 7.38. The third-order valence-corrected chi connectivity index (χ3v) is 15.0. The second kappa shape index (κ2) is 20.5. The Labute approximate surface area is 397 Å². The molecule has 1 fully saturated rings. The molecule has 66 heavy (non-hydrogen) atoms. The number of fused-ring (bicyclic) bond motifs is 4. The highest BCUT2D eigenvalue weighted by Crippen LogP contribution is 2.50. The molecule has 0 aromatic heterocycles. The van der Waals surface area contributed by atoms with E-state index in [-0.39, 0.29) is 35.3 Å². The first-order valence-electron chi connectivity index (χ1n) is 24.0. The summed E-state index contributed by atoms with van der Waals surface area (Å²) in [6.45, 7) is 20.5. The van der Waals surface area contributed by atoms with Crippen LogP contribution in [0.2, 0.25) is 0 Å². The van der Waals surface area contributed by atoms with Gasteiger partial charge in [0.25, 0.3) is 16.0 Å². The molecule has 0 radical (unpaired) electrons. The molecule has 0 unspecified atom stereocenters. The summed E-state index contributed by atoms with van der Waals surface area (Å²) in [5.41, 5.74) is 10.2. The van der Waals surface area contributed by atoms with Gasteiger partial charge in [0.15, 0.2) is 5.71 Å². The quantitative estimate of drug-likeness (QED) is 0.0719. The van der Waals surface area contributed by atoms with Crippen molar-refractivity contribution in [1.82, 2.24) is 5.06 Å².